The smallest absolute Gasteiger partial charge is 0.228 e. The third-order valence-electron chi connectivity index (χ3n) is 3.66. The molecule has 114 valence electrons. The molecular formula is C16H23N3O2. The molecule has 1 unspecified atom stereocenters. The Labute approximate surface area is 125 Å². The summed E-state index contributed by atoms with van der Waals surface area (Å²) in [7, 11) is 0. The average Bonchev–Trinajstić information content (AvgIpc) is 2.50. The number of hydrogen-bond acceptors (Lipinski definition) is 3. The first-order valence-electron chi connectivity index (χ1n) is 7.43. The number of amides is 2. The van der Waals surface area contributed by atoms with Crippen LogP contribution in [0.2, 0.25) is 0 Å². The SMILES string of the molecule is CC(C)C(=O)NCCNC(=O)C1CNCc2ccccc21. The first-order chi connectivity index (χ1) is 10.1. The summed E-state index contributed by atoms with van der Waals surface area (Å²) in [5, 5.41) is 8.95. The van der Waals surface area contributed by atoms with Crippen molar-refractivity contribution in [3.63, 3.8) is 0 Å². The fraction of sp³-hybridized carbons (Fsp3) is 0.500. The molecule has 3 N–H and O–H groups in total. The second-order valence-corrected chi connectivity index (χ2v) is 5.62. The maximum atomic E-state index is 12.3. The molecule has 2 rings (SSSR count). The molecule has 0 aromatic heterocycles. The van der Waals surface area contributed by atoms with Crippen LogP contribution in [0.25, 0.3) is 0 Å². The molecule has 0 bridgehead atoms. The van der Waals surface area contributed by atoms with Crippen molar-refractivity contribution >= 4 is 11.8 Å². The minimum atomic E-state index is -0.157. The maximum Gasteiger partial charge on any atom is 0.228 e. The largest absolute Gasteiger partial charge is 0.354 e. The van der Waals surface area contributed by atoms with Crippen LogP contribution in [0, 0.1) is 5.92 Å². The van der Waals surface area contributed by atoms with Gasteiger partial charge in [-0.1, -0.05) is 38.1 Å². The molecule has 1 aromatic carbocycles. The molecule has 0 saturated carbocycles. The molecule has 5 nitrogen and oxygen atoms in total. The molecule has 1 heterocycles. The van der Waals surface area contributed by atoms with Gasteiger partial charge in [0.2, 0.25) is 11.8 Å². The van der Waals surface area contributed by atoms with Crippen LogP contribution in [0.1, 0.15) is 30.9 Å². The zero-order chi connectivity index (χ0) is 15.2. The predicted octanol–water partition coefficient (Wildman–Crippen LogP) is 0.762. The van der Waals surface area contributed by atoms with Gasteiger partial charge in [-0.25, -0.2) is 0 Å². The lowest BCUT2D eigenvalue weighted by Crippen LogP contribution is -2.42. The van der Waals surface area contributed by atoms with E-state index in [9.17, 15) is 9.59 Å². The molecule has 21 heavy (non-hydrogen) atoms. The van der Waals surface area contributed by atoms with E-state index in [1.807, 2.05) is 38.1 Å². The van der Waals surface area contributed by atoms with E-state index in [2.05, 4.69) is 16.0 Å². The summed E-state index contributed by atoms with van der Waals surface area (Å²) in [4.78, 5) is 23.7. The van der Waals surface area contributed by atoms with E-state index < -0.39 is 0 Å². The highest BCUT2D eigenvalue weighted by molar-refractivity contribution is 5.84. The minimum absolute atomic E-state index is 0.00782. The van der Waals surface area contributed by atoms with Crippen molar-refractivity contribution in [2.45, 2.75) is 26.3 Å². The van der Waals surface area contributed by atoms with Gasteiger partial charge < -0.3 is 16.0 Å². The van der Waals surface area contributed by atoms with Crippen molar-refractivity contribution in [2.24, 2.45) is 5.92 Å². The number of nitrogens with one attached hydrogen (secondary N) is 3. The van der Waals surface area contributed by atoms with Crippen molar-refractivity contribution in [3.05, 3.63) is 35.4 Å². The quantitative estimate of drug-likeness (QED) is 0.701. The van der Waals surface area contributed by atoms with Crippen LogP contribution in [0.15, 0.2) is 24.3 Å². The Kier molecular flexibility index (Phi) is 5.33. The highest BCUT2D eigenvalue weighted by atomic mass is 16.2. The summed E-state index contributed by atoms with van der Waals surface area (Å²) in [5.41, 5.74) is 2.27. The zero-order valence-corrected chi connectivity index (χ0v) is 12.6. The number of fused-ring (bicyclic) bond motifs is 1. The molecule has 5 heteroatoms. The normalized spacial score (nSPS) is 17.2. The molecule has 1 aliphatic heterocycles. The van der Waals surface area contributed by atoms with Gasteiger partial charge in [0.15, 0.2) is 0 Å². The van der Waals surface area contributed by atoms with Crippen LogP contribution in [0.3, 0.4) is 0 Å². The minimum Gasteiger partial charge on any atom is -0.354 e. The maximum absolute atomic E-state index is 12.3. The fourth-order valence-corrected chi connectivity index (χ4v) is 2.43. The van der Waals surface area contributed by atoms with Gasteiger partial charge in [0.1, 0.15) is 0 Å². The van der Waals surface area contributed by atoms with E-state index >= 15 is 0 Å². The highest BCUT2D eigenvalue weighted by Gasteiger charge is 2.25. The number of rotatable bonds is 5. The Morgan fingerprint density at radius 1 is 1.24 bits per heavy atom. The van der Waals surface area contributed by atoms with Gasteiger partial charge in [-0.15, -0.1) is 0 Å². The lowest BCUT2D eigenvalue weighted by molar-refractivity contribution is -0.125. The second-order valence-electron chi connectivity index (χ2n) is 5.62. The van der Waals surface area contributed by atoms with Crippen molar-refractivity contribution < 1.29 is 9.59 Å². The molecule has 0 spiro atoms. The van der Waals surface area contributed by atoms with Gasteiger partial charge in [-0.2, -0.15) is 0 Å². The van der Waals surface area contributed by atoms with Crippen molar-refractivity contribution in [1.82, 2.24) is 16.0 Å². The van der Waals surface area contributed by atoms with Gasteiger partial charge in [0.25, 0.3) is 0 Å². The van der Waals surface area contributed by atoms with Crippen LogP contribution in [0.5, 0.6) is 0 Å². The van der Waals surface area contributed by atoms with E-state index in [0.29, 0.717) is 19.6 Å². The Morgan fingerprint density at radius 3 is 2.71 bits per heavy atom. The topological polar surface area (TPSA) is 70.2 Å². The van der Waals surface area contributed by atoms with Crippen molar-refractivity contribution in [2.75, 3.05) is 19.6 Å². The summed E-state index contributed by atoms with van der Waals surface area (Å²) in [6.45, 7) is 6.07. The summed E-state index contributed by atoms with van der Waals surface area (Å²) in [6, 6.07) is 8.02. The Morgan fingerprint density at radius 2 is 1.95 bits per heavy atom. The van der Waals surface area contributed by atoms with Crippen molar-refractivity contribution in [1.29, 1.82) is 0 Å². The third-order valence-corrected chi connectivity index (χ3v) is 3.66. The van der Waals surface area contributed by atoms with E-state index in [1.54, 1.807) is 0 Å². The first-order valence-corrected chi connectivity index (χ1v) is 7.43. The Hall–Kier alpha value is -1.88. The summed E-state index contributed by atoms with van der Waals surface area (Å²) in [6.07, 6.45) is 0. The summed E-state index contributed by atoms with van der Waals surface area (Å²) in [5.74, 6) is -0.173. The van der Waals surface area contributed by atoms with Gasteiger partial charge in [-0.05, 0) is 11.1 Å². The van der Waals surface area contributed by atoms with E-state index in [4.69, 9.17) is 0 Å². The van der Waals surface area contributed by atoms with Crippen LogP contribution in [-0.2, 0) is 16.1 Å². The van der Waals surface area contributed by atoms with Gasteiger partial charge >= 0.3 is 0 Å². The number of hydrogen-bond donors (Lipinski definition) is 3. The second kappa shape index (κ2) is 7.22. The molecule has 0 fully saturated rings. The van der Waals surface area contributed by atoms with Crippen molar-refractivity contribution in [3.8, 4) is 0 Å². The van der Waals surface area contributed by atoms with Gasteiger partial charge in [0, 0.05) is 32.1 Å². The zero-order valence-electron chi connectivity index (χ0n) is 12.6. The molecule has 1 aromatic rings. The average molecular weight is 289 g/mol. The van der Waals surface area contributed by atoms with Crippen LogP contribution < -0.4 is 16.0 Å². The summed E-state index contributed by atoms with van der Waals surface area (Å²) < 4.78 is 0. The predicted molar refractivity (Wildman–Crippen MR) is 81.7 cm³/mol. The standard InChI is InChI=1S/C16H23N3O2/c1-11(2)15(20)18-7-8-19-16(21)14-10-17-9-12-5-3-4-6-13(12)14/h3-6,11,14,17H,7-10H2,1-2H3,(H,18,20)(H,19,21). The Balaban J connectivity index is 1.83. The molecule has 0 saturated heterocycles. The number of carbonyl (C=O) groups excluding carboxylic acids is 2. The lowest BCUT2D eigenvalue weighted by Gasteiger charge is -2.25. The molecule has 2 amide bonds. The first kappa shape index (κ1) is 15.5. The van der Waals surface area contributed by atoms with E-state index in [1.165, 1.54) is 5.56 Å². The van der Waals surface area contributed by atoms with Gasteiger partial charge in [0.05, 0.1) is 5.92 Å². The summed E-state index contributed by atoms with van der Waals surface area (Å²) >= 11 is 0. The lowest BCUT2D eigenvalue weighted by atomic mass is 9.90. The molecular weight excluding hydrogens is 266 g/mol. The molecule has 1 atom stereocenters. The van der Waals surface area contributed by atoms with Crippen LogP contribution in [0.4, 0.5) is 0 Å². The van der Waals surface area contributed by atoms with Gasteiger partial charge in [-0.3, -0.25) is 9.59 Å². The molecule has 0 aliphatic carbocycles. The Bertz CT molecular complexity index is 514. The number of benzene rings is 1. The monoisotopic (exact) mass is 289 g/mol. The van der Waals surface area contributed by atoms with Crippen LogP contribution >= 0.6 is 0 Å². The third kappa shape index (κ3) is 4.04. The van der Waals surface area contributed by atoms with E-state index in [0.717, 1.165) is 12.1 Å². The van der Waals surface area contributed by atoms with Crippen LogP contribution in [-0.4, -0.2) is 31.4 Å². The number of carbonyl (C=O) groups is 2. The fourth-order valence-electron chi connectivity index (χ4n) is 2.43. The molecule has 1 aliphatic rings. The van der Waals surface area contributed by atoms with E-state index in [-0.39, 0.29) is 23.7 Å². The highest BCUT2D eigenvalue weighted by Crippen LogP contribution is 2.23. The molecule has 0 radical (unpaired) electrons.